The minimum absolute atomic E-state index is 0. The van der Waals surface area contributed by atoms with Crippen molar-refractivity contribution < 1.29 is 90.7 Å². The fourth-order valence-electron chi connectivity index (χ4n) is 17.3. The molecule has 17 rings (SSSR count). The van der Waals surface area contributed by atoms with E-state index < -0.39 is 46.1 Å². The minimum atomic E-state index is -0.879. The van der Waals surface area contributed by atoms with Gasteiger partial charge in [0.1, 0.15) is 75.8 Å². The number of cyclic esters (lactones) is 1. The number of aromatic nitrogens is 4. The molecule has 10 atom stereocenters. The van der Waals surface area contributed by atoms with Crippen molar-refractivity contribution in [1.29, 1.82) is 5.26 Å². The Balaban J connectivity index is 0.000000319. The van der Waals surface area contributed by atoms with Crippen molar-refractivity contribution in [2.24, 2.45) is 27.2 Å². The third kappa shape index (κ3) is 31.2. The average Bonchev–Trinajstić information content (AvgIpc) is 1.64. The fourth-order valence-corrected chi connectivity index (χ4v) is 20.3. The summed E-state index contributed by atoms with van der Waals surface area (Å²) in [5, 5.41) is 43.5. The summed E-state index contributed by atoms with van der Waals surface area (Å²) < 4.78 is 37.1. The van der Waals surface area contributed by atoms with Gasteiger partial charge in [-0.15, -0.1) is 0 Å². The molecule has 6 aromatic carbocycles. The molecule has 6 aliphatic carbocycles. The molecule has 14 N–H and O–H groups in total. The zero-order valence-corrected chi connectivity index (χ0v) is 92.5. The molecule has 3 amide bonds. The summed E-state index contributed by atoms with van der Waals surface area (Å²) >= 11 is 20.3. The predicted octanol–water partition coefficient (Wildman–Crippen LogP) is 12.5. The van der Waals surface area contributed by atoms with Gasteiger partial charge in [0.15, 0.2) is 0 Å². The average molecular weight is 2390 g/mol. The van der Waals surface area contributed by atoms with Gasteiger partial charge in [-0.25, -0.2) is 44.3 Å². The number of halogens is 7. The van der Waals surface area contributed by atoms with Crippen LogP contribution in [0.1, 0.15) is 175 Å². The van der Waals surface area contributed by atoms with E-state index in [0.29, 0.717) is 51.2 Å². The number of nitriles is 1. The van der Waals surface area contributed by atoms with Crippen LogP contribution in [0.2, 0.25) is 0 Å². The van der Waals surface area contributed by atoms with Gasteiger partial charge >= 0.3 is 97.9 Å². The van der Waals surface area contributed by atoms with E-state index in [1.807, 2.05) is 88.6 Å². The molecule has 2 aromatic heterocycles. The Morgan fingerprint density at radius 3 is 1.37 bits per heavy atom. The molecule has 3 spiro atoms. The van der Waals surface area contributed by atoms with E-state index in [4.69, 9.17) is 51.2 Å². The van der Waals surface area contributed by atoms with Crippen molar-refractivity contribution in [2.45, 2.75) is 254 Å². The maximum Gasteiger partial charge on any atom is 2.00 e. The van der Waals surface area contributed by atoms with Gasteiger partial charge in [0.25, 0.3) is 12.0 Å². The number of alkyl carbamates (subject to hydrolysis) is 3. The number of aldehydes is 1. The van der Waals surface area contributed by atoms with Gasteiger partial charge in [0.2, 0.25) is 0 Å². The van der Waals surface area contributed by atoms with Crippen LogP contribution in [-0.2, 0) is 106 Å². The van der Waals surface area contributed by atoms with Crippen molar-refractivity contribution >= 4 is 212 Å². The molecule has 131 heavy (non-hydrogen) atoms. The number of carbonyl (C=O) groups excluding carboxylic acids is 4. The molecule has 1 saturated heterocycles. The monoisotopic (exact) mass is 2380 g/mol. The van der Waals surface area contributed by atoms with E-state index in [1.54, 1.807) is 39.0 Å². The van der Waals surface area contributed by atoms with Gasteiger partial charge in [-0.2, -0.15) is 5.26 Å². The number of benzene rings is 6. The van der Waals surface area contributed by atoms with Crippen LogP contribution in [0, 0.1) is 17.7 Å². The van der Waals surface area contributed by atoms with Crippen LogP contribution in [0.4, 0.5) is 14.4 Å². The maximum atomic E-state index is 12.2. The van der Waals surface area contributed by atoms with Crippen molar-refractivity contribution in [1.82, 2.24) is 35.9 Å². The normalized spacial score (nSPS) is 23.1. The third-order valence-electron chi connectivity index (χ3n) is 24.0. The van der Waals surface area contributed by atoms with E-state index in [2.05, 4.69) is 221 Å². The molecule has 5 heterocycles. The van der Waals surface area contributed by atoms with Crippen LogP contribution in [0.15, 0.2) is 179 Å². The van der Waals surface area contributed by atoms with Crippen LogP contribution in [0.5, 0.6) is 5.75 Å². The molecule has 0 bridgehead atoms. The van der Waals surface area contributed by atoms with Gasteiger partial charge < -0.3 is 117 Å². The first-order chi connectivity index (χ1) is 59.3. The fraction of sp³-hybridized carbons (Fsp3) is 0.441. The van der Waals surface area contributed by atoms with E-state index in [0.717, 1.165) is 126 Å². The van der Waals surface area contributed by atoms with Crippen molar-refractivity contribution in [3.63, 3.8) is 0 Å². The molecule has 38 heteroatoms. The van der Waals surface area contributed by atoms with Crippen LogP contribution >= 0.6 is 95.6 Å². The van der Waals surface area contributed by atoms with Gasteiger partial charge in [-0.3, -0.25) is 0 Å². The standard InChI is InChI=1S/C17H24BrNO3.C17H18N4O.C16H20BrNO3.C13H15BrN2O.C13H14BrNO2.C11H14BrNO.C4H4BN2O2.CBrN.CH3.Ba.BrH.Mg.2H2O/c1-11(20)17(19-15(21)22-16(2,3)4)9-8-13-12(10-17)6-5-7-14(13)18;1-11-17(21-16(18)22-11)6-5-15-12(7-17)3-2-4-14(15)13-8-19-10-20-9-13;1-15(2,3)21-14(20)18-16(10-19)8-7-12-11(9-16)5-4-6-13(12)17;1-8-13(16-12(15)17-8)6-5-10-9(7-13)3-2-4-11(10)14;1-8-13(15-12(16)17-8)6-5-10-9(7-13)3-2-4-11(10)14;12-10-3-1-2-8-6-11(13,7-14)5-4-9(8)10;8-5-9-4-1-6-3-7-2-4;2-1-3;;;;;;/h5-7,11,20H,8-10H2,1-4H3,(H,19,21);2-4,8-11H,5-7H2,1H3,(H2,18,21);4-6,10H,7-9H2,1-3H3,(H,18,20);2-4,8H,5-7H2,1H3,(H2,15,16);2-4,8H,5-7H2,1H3,(H,15,16);1-3,14H,4-7,13H2;1-3,8H;;1H3;;1H;;2*1H2/q;;;;;;;;-1;+2;;+2;;/p-3. The summed E-state index contributed by atoms with van der Waals surface area (Å²) in [7, 11) is 0.582. The Bertz CT molecular complexity index is 5250. The van der Waals surface area contributed by atoms with Crippen molar-refractivity contribution in [3.8, 4) is 21.9 Å². The number of rotatable bonds is 8. The Morgan fingerprint density at radius 2 is 0.962 bits per heavy atom. The number of aliphatic imine (C=N–C) groups is 2. The second-order valence-corrected chi connectivity index (χ2v) is 39.4. The Morgan fingerprint density at radius 1 is 0.588 bits per heavy atom. The van der Waals surface area contributed by atoms with E-state index in [1.165, 1.54) is 88.9 Å². The van der Waals surface area contributed by atoms with E-state index >= 15 is 0 Å². The number of nitrogens with two attached hydrogens (primary N) is 3. The zero-order chi connectivity index (χ0) is 90.9. The summed E-state index contributed by atoms with van der Waals surface area (Å²) in [6.07, 6.45) is 23.5. The van der Waals surface area contributed by atoms with Gasteiger partial charge in [-0.1, -0.05) is 159 Å². The first-order valence-corrected chi connectivity index (χ1v) is 46.2. The number of fused-ring (bicyclic) bond motifs is 6. The number of ether oxygens (including phenoxy) is 5. The van der Waals surface area contributed by atoms with Crippen LogP contribution in [0.25, 0.3) is 11.1 Å². The molecule has 28 nitrogen and oxygen atoms in total. The number of nitrogens with one attached hydrogen (secondary N) is 3. The number of amidine groups is 2. The first kappa shape index (κ1) is 118. The predicted molar refractivity (Wildman–Crippen MR) is 525 cm³/mol. The zero-order valence-electron chi connectivity index (χ0n) is 75.5. The van der Waals surface area contributed by atoms with Crippen LogP contribution in [-0.4, -0.2) is 238 Å². The number of aliphatic hydroxyl groups is 2. The van der Waals surface area contributed by atoms with Gasteiger partial charge in [0, 0.05) is 81.1 Å². The summed E-state index contributed by atoms with van der Waals surface area (Å²) in [4.78, 5) is 73.3. The van der Waals surface area contributed by atoms with E-state index in [-0.39, 0.29) is 155 Å². The van der Waals surface area contributed by atoms with Crippen molar-refractivity contribution in [2.75, 3.05) is 6.61 Å². The Labute approximate surface area is 886 Å². The molecule has 10 unspecified atom stereocenters. The van der Waals surface area contributed by atoms with E-state index in [9.17, 15) is 29.4 Å². The second kappa shape index (κ2) is 52.2. The number of carbonyl (C=O) groups is 4. The molecule has 1 fully saturated rings. The first-order valence-electron chi connectivity index (χ1n) is 41.4. The molecular formula is C93H114BBaBr7MgN13O15. The molecule has 9 aliphatic rings. The smallest absolute Gasteiger partial charge is 1.00 e. The van der Waals surface area contributed by atoms with Gasteiger partial charge in [-0.05, 0) is 268 Å². The van der Waals surface area contributed by atoms with Crippen LogP contribution in [0.3, 0.4) is 0 Å². The summed E-state index contributed by atoms with van der Waals surface area (Å²) in [5.41, 5.74) is 31.6. The summed E-state index contributed by atoms with van der Waals surface area (Å²) in [6, 6.07) is 37.8. The molecule has 0 saturated carbocycles. The SMILES string of the molecule is CC(C)(C)OC(=O)NC1(C=O)CCc2c(Br)cccc2C1.CC(O)C1(NC(=O)OC(C)(C)C)CCc2c(Br)cccc2C1.CC1OC(=O)NC12CCc1c(Br)cccc1C2.CC1OC(N)=NC12CCc1c(Br)cccc1C2.CC1OC(N)=NC12CCc1c(cccc1-c1cncnc1)C2.N#CBr.NC1(CO)CCc2c(Br)cccc2C1.O[B]Oc1cncnc1.[Ba+2].[Br-].[CH3-].[Mg+2].[OH-].[OH-]. The molecule has 3 aliphatic heterocycles. The molecule has 697 valence electrons. The largest absolute Gasteiger partial charge is 2.00 e. The van der Waals surface area contributed by atoms with Crippen molar-refractivity contribution in [3.05, 3.63) is 243 Å². The second-order valence-electron chi connectivity index (χ2n) is 34.7. The molecule has 1 radical (unpaired) electrons. The van der Waals surface area contributed by atoms with Gasteiger partial charge in [0.05, 0.1) is 36.2 Å². The third-order valence-corrected chi connectivity index (χ3v) is 27.7. The maximum absolute atomic E-state index is 12.2. The minimum Gasteiger partial charge on any atom is -1.00 e. The number of amides is 3. The summed E-state index contributed by atoms with van der Waals surface area (Å²) in [5.74, 6) is 0.417. The number of hydrogen-bond acceptors (Lipinski definition) is 25. The number of nitrogens with zero attached hydrogens (tertiary/aromatic N) is 7. The van der Waals surface area contributed by atoms with Crippen LogP contribution < -0.4 is 54.8 Å². The number of aliphatic hydroxyl groups excluding tert-OH is 2. The Hall–Kier alpha value is -5.69. The number of hydrogen-bond donors (Lipinski definition) is 9. The molecule has 8 aromatic rings. The molecular weight excluding hydrogens is 2270 g/mol. The quantitative estimate of drug-likeness (QED) is 0.0295. The topological polar surface area (TPSA) is 459 Å². The Kier molecular flexibility index (Phi) is 46.9. The summed E-state index contributed by atoms with van der Waals surface area (Å²) in [6.45, 7) is 18.8.